The van der Waals surface area contributed by atoms with Gasteiger partial charge < -0.3 is 14.8 Å². The van der Waals surface area contributed by atoms with Crippen LogP contribution in [0.3, 0.4) is 0 Å². The van der Waals surface area contributed by atoms with Crippen molar-refractivity contribution in [3.63, 3.8) is 0 Å². The van der Waals surface area contributed by atoms with Crippen molar-refractivity contribution < 1.29 is 9.47 Å². The van der Waals surface area contributed by atoms with E-state index in [4.69, 9.17) is 9.47 Å². The SMILES string of the molecule is CCNCc1ccc(OC)cc1OCc1ccc(Br)cn1. The van der Waals surface area contributed by atoms with Gasteiger partial charge in [-0.3, -0.25) is 4.98 Å². The fourth-order valence-corrected chi connectivity index (χ4v) is 2.08. The molecule has 0 spiro atoms. The highest BCUT2D eigenvalue weighted by atomic mass is 79.9. The topological polar surface area (TPSA) is 43.4 Å². The van der Waals surface area contributed by atoms with Crippen LogP contribution in [0.4, 0.5) is 0 Å². The van der Waals surface area contributed by atoms with Crippen LogP contribution in [0.1, 0.15) is 18.2 Å². The molecule has 0 saturated carbocycles. The lowest BCUT2D eigenvalue weighted by molar-refractivity contribution is 0.295. The third-order valence-electron chi connectivity index (χ3n) is 3.00. The van der Waals surface area contributed by atoms with Crippen molar-refractivity contribution in [3.8, 4) is 11.5 Å². The Balaban J connectivity index is 2.10. The van der Waals surface area contributed by atoms with Gasteiger partial charge in [0.15, 0.2) is 0 Å². The molecule has 4 nitrogen and oxygen atoms in total. The van der Waals surface area contributed by atoms with Gasteiger partial charge in [0.2, 0.25) is 0 Å². The molecule has 0 bridgehead atoms. The van der Waals surface area contributed by atoms with E-state index >= 15 is 0 Å². The number of nitrogens with one attached hydrogen (secondary N) is 1. The number of rotatable bonds is 7. The first-order valence-corrected chi connectivity index (χ1v) is 7.63. The summed E-state index contributed by atoms with van der Waals surface area (Å²) in [7, 11) is 1.65. The maximum Gasteiger partial charge on any atom is 0.130 e. The van der Waals surface area contributed by atoms with Gasteiger partial charge in [0.05, 0.1) is 12.8 Å². The van der Waals surface area contributed by atoms with Gasteiger partial charge in [0, 0.05) is 28.8 Å². The Morgan fingerprint density at radius 2 is 2.10 bits per heavy atom. The number of hydrogen-bond donors (Lipinski definition) is 1. The van der Waals surface area contributed by atoms with E-state index < -0.39 is 0 Å². The van der Waals surface area contributed by atoms with E-state index in [0.29, 0.717) is 6.61 Å². The number of ether oxygens (including phenoxy) is 2. The van der Waals surface area contributed by atoms with E-state index in [1.54, 1.807) is 13.3 Å². The maximum atomic E-state index is 5.90. The van der Waals surface area contributed by atoms with Crippen molar-refractivity contribution in [2.75, 3.05) is 13.7 Å². The first-order valence-electron chi connectivity index (χ1n) is 6.83. The monoisotopic (exact) mass is 350 g/mol. The van der Waals surface area contributed by atoms with Gasteiger partial charge in [-0.05, 0) is 40.7 Å². The summed E-state index contributed by atoms with van der Waals surface area (Å²) in [4.78, 5) is 4.31. The summed E-state index contributed by atoms with van der Waals surface area (Å²) in [6, 6.07) is 9.76. The Morgan fingerprint density at radius 1 is 1.24 bits per heavy atom. The van der Waals surface area contributed by atoms with Crippen molar-refractivity contribution >= 4 is 15.9 Å². The quantitative estimate of drug-likeness (QED) is 0.829. The molecule has 1 aromatic heterocycles. The molecule has 1 N–H and O–H groups in total. The second-order valence-electron chi connectivity index (χ2n) is 4.51. The van der Waals surface area contributed by atoms with Gasteiger partial charge in [0.25, 0.3) is 0 Å². The number of benzene rings is 1. The molecule has 112 valence electrons. The summed E-state index contributed by atoms with van der Waals surface area (Å²) in [6.07, 6.45) is 1.77. The van der Waals surface area contributed by atoms with E-state index in [1.165, 1.54) is 0 Å². The van der Waals surface area contributed by atoms with Gasteiger partial charge in [-0.15, -0.1) is 0 Å². The van der Waals surface area contributed by atoms with Gasteiger partial charge >= 0.3 is 0 Å². The number of methoxy groups -OCH3 is 1. The molecule has 0 fully saturated rings. The highest BCUT2D eigenvalue weighted by Crippen LogP contribution is 2.25. The van der Waals surface area contributed by atoms with Crippen LogP contribution in [0.15, 0.2) is 41.0 Å². The number of aromatic nitrogens is 1. The van der Waals surface area contributed by atoms with Crippen LogP contribution in [0, 0.1) is 0 Å². The molecule has 0 unspecified atom stereocenters. The van der Waals surface area contributed by atoms with Gasteiger partial charge in [-0.2, -0.15) is 0 Å². The van der Waals surface area contributed by atoms with E-state index in [2.05, 4.69) is 33.2 Å². The fraction of sp³-hybridized carbons (Fsp3) is 0.312. The lowest BCUT2D eigenvalue weighted by Gasteiger charge is -2.13. The zero-order valence-corrected chi connectivity index (χ0v) is 13.8. The van der Waals surface area contributed by atoms with E-state index in [9.17, 15) is 0 Å². The summed E-state index contributed by atoms with van der Waals surface area (Å²) in [6.45, 7) is 4.19. The largest absolute Gasteiger partial charge is 0.497 e. The van der Waals surface area contributed by atoms with Crippen LogP contribution in [0.25, 0.3) is 0 Å². The van der Waals surface area contributed by atoms with Gasteiger partial charge in [-0.1, -0.05) is 13.0 Å². The summed E-state index contributed by atoms with van der Waals surface area (Å²) in [5.74, 6) is 1.61. The first-order chi connectivity index (χ1) is 10.2. The van der Waals surface area contributed by atoms with Crippen LogP contribution in [0.2, 0.25) is 0 Å². The molecule has 1 aromatic carbocycles. The molecule has 0 aliphatic heterocycles. The number of pyridine rings is 1. The molecule has 0 aliphatic carbocycles. The molecule has 0 saturated heterocycles. The third-order valence-corrected chi connectivity index (χ3v) is 3.47. The highest BCUT2D eigenvalue weighted by Gasteiger charge is 2.06. The van der Waals surface area contributed by atoms with Crippen molar-refractivity contribution in [1.82, 2.24) is 10.3 Å². The van der Waals surface area contributed by atoms with Crippen LogP contribution >= 0.6 is 15.9 Å². The standard InChI is InChI=1S/C16H19BrN2O2/c1-3-18-9-12-4-7-15(20-2)8-16(12)21-11-14-6-5-13(17)10-19-14/h4-8,10,18H,3,9,11H2,1-2H3. The molecular weight excluding hydrogens is 332 g/mol. The van der Waals surface area contributed by atoms with Crippen molar-refractivity contribution in [1.29, 1.82) is 0 Å². The second-order valence-corrected chi connectivity index (χ2v) is 5.43. The average Bonchev–Trinajstić information content (AvgIpc) is 2.52. The minimum atomic E-state index is 0.430. The second kappa shape index (κ2) is 8.00. The maximum absolute atomic E-state index is 5.90. The van der Waals surface area contributed by atoms with Crippen LogP contribution in [-0.2, 0) is 13.2 Å². The molecule has 0 radical (unpaired) electrons. The molecule has 0 aliphatic rings. The molecule has 5 heteroatoms. The molecule has 2 aromatic rings. The Kier molecular flexibility index (Phi) is 6.02. The smallest absolute Gasteiger partial charge is 0.130 e. The Morgan fingerprint density at radius 3 is 2.76 bits per heavy atom. The van der Waals surface area contributed by atoms with E-state index in [0.717, 1.165) is 40.3 Å². The lowest BCUT2D eigenvalue weighted by atomic mass is 10.2. The number of halogens is 1. The molecule has 2 rings (SSSR count). The zero-order valence-electron chi connectivity index (χ0n) is 12.2. The third kappa shape index (κ3) is 4.72. The first kappa shape index (κ1) is 15.8. The summed E-state index contributed by atoms with van der Waals surface area (Å²) in [5.41, 5.74) is 1.99. The average molecular weight is 351 g/mol. The highest BCUT2D eigenvalue weighted by molar-refractivity contribution is 9.10. The van der Waals surface area contributed by atoms with Crippen molar-refractivity contribution in [3.05, 3.63) is 52.3 Å². The molecule has 1 heterocycles. The van der Waals surface area contributed by atoms with Gasteiger partial charge in [0.1, 0.15) is 18.1 Å². The Labute approximate surface area is 133 Å². The predicted octanol–water partition coefficient (Wildman–Crippen LogP) is 3.54. The van der Waals surface area contributed by atoms with Crippen LogP contribution < -0.4 is 14.8 Å². The predicted molar refractivity (Wildman–Crippen MR) is 86.6 cm³/mol. The Bertz CT molecular complexity index is 573. The molecular formula is C16H19BrN2O2. The minimum Gasteiger partial charge on any atom is -0.497 e. The lowest BCUT2D eigenvalue weighted by Crippen LogP contribution is -2.13. The fourth-order valence-electron chi connectivity index (χ4n) is 1.85. The van der Waals surface area contributed by atoms with Crippen molar-refractivity contribution in [2.24, 2.45) is 0 Å². The van der Waals surface area contributed by atoms with Crippen LogP contribution in [-0.4, -0.2) is 18.6 Å². The summed E-state index contributed by atoms with van der Waals surface area (Å²) < 4.78 is 12.1. The summed E-state index contributed by atoms with van der Waals surface area (Å²) in [5, 5.41) is 3.31. The normalized spacial score (nSPS) is 10.4. The van der Waals surface area contributed by atoms with E-state index in [1.807, 2.05) is 30.3 Å². The molecule has 0 atom stereocenters. The zero-order chi connectivity index (χ0) is 15.1. The number of hydrogen-bond acceptors (Lipinski definition) is 4. The number of nitrogens with zero attached hydrogens (tertiary/aromatic N) is 1. The minimum absolute atomic E-state index is 0.430. The molecule has 21 heavy (non-hydrogen) atoms. The van der Waals surface area contributed by atoms with Crippen molar-refractivity contribution in [2.45, 2.75) is 20.1 Å². The summed E-state index contributed by atoms with van der Waals surface area (Å²) >= 11 is 3.37. The van der Waals surface area contributed by atoms with Crippen LogP contribution in [0.5, 0.6) is 11.5 Å². The van der Waals surface area contributed by atoms with Gasteiger partial charge in [-0.25, -0.2) is 0 Å². The molecule has 0 amide bonds. The Hall–Kier alpha value is -1.59. The van der Waals surface area contributed by atoms with E-state index in [-0.39, 0.29) is 0 Å².